The maximum Gasteiger partial charge on any atom is 0.154 e. The zero-order valence-electron chi connectivity index (χ0n) is 13.6. The molecule has 1 aliphatic heterocycles. The molecule has 0 aliphatic carbocycles. The van der Waals surface area contributed by atoms with Gasteiger partial charge in [-0.2, -0.15) is 10.2 Å². The molecule has 26 heavy (non-hydrogen) atoms. The minimum Gasteiger partial charge on any atom is -0.267 e. The number of aryl methyl sites for hydroxylation is 1. The van der Waals surface area contributed by atoms with E-state index >= 15 is 0 Å². The summed E-state index contributed by atoms with van der Waals surface area (Å²) in [5.41, 5.74) is 3.23. The number of fused-ring (bicyclic) bond motifs is 2. The average Bonchev–Trinajstić information content (AvgIpc) is 3.34. The molecule has 5 rings (SSSR count). The van der Waals surface area contributed by atoms with Gasteiger partial charge in [0.05, 0.1) is 17.4 Å². The lowest BCUT2D eigenvalue weighted by atomic mass is 10.1. The van der Waals surface area contributed by atoms with Crippen molar-refractivity contribution in [2.24, 2.45) is 0 Å². The van der Waals surface area contributed by atoms with Gasteiger partial charge in [-0.15, -0.1) is 0 Å². The van der Waals surface area contributed by atoms with Crippen LogP contribution < -0.4 is 0 Å². The Balaban J connectivity index is 1.83. The van der Waals surface area contributed by atoms with Gasteiger partial charge in [-0.25, -0.2) is 13.5 Å². The molecule has 0 spiro atoms. The van der Waals surface area contributed by atoms with Crippen molar-refractivity contribution in [1.82, 2.24) is 19.6 Å². The predicted molar refractivity (Wildman–Crippen MR) is 95.5 cm³/mol. The molecule has 1 aliphatic rings. The van der Waals surface area contributed by atoms with Gasteiger partial charge in [-0.3, -0.25) is 4.68 Å². The standard InChI is InChI=1S/C19H13ClF2N4/c20-16-13(21)8-7-12(17(16)22)18-19(15-6-3-9-25(15)24-18)26-14-5-2-1-4-11(14)10-23-26/h1-2,4-5,7-8,10H,3,6,9H2. The van der Waals surface area contributed by atoms with Gasteiger partial charge in [-0.1, -0.05) is 29.8 Å². The Morgan fingerprint density at radius 2 is 1.92 bits per heavy atom. The number of hydrogen-bond acceptors (Lipinski definition) is 2. The fourth-order valence-corrected chi connectivity index (χ4v) is 3.74. The summed E-state index contributed by atoms with van der Waals surface area (Å²) in [6, 6.07) is 10.3. The van der Waals surface area contributed by atoms with Crippen LogP contribution in [0.3, 0.4) is 0 Å². The first-order valence-corrected chi connectivity index (χ1v) is 8.69. The highest BCUT2D eigenvalue weighted by atomic mass is 35.5. The maximum absolute atomic E-state index is 14.7. The third-order valence-electron chi connectivity index (χ3n) is 4.79. The normalized spacial score (nSPS) is 13.5. The van der Waals surface area contributed by atoms with Gasteiger partial charge in [-0.05, 0) is 31.0 Å². The first-order valence-electron chi connectivity index (χ1n) is 8.32. The maximum atomic E-state index is 14.7. The van der Waals surface area contributed by atoms with E-state index in [1.807, 2.05) is 28.9 Å². The second kappa shape index (κ2) is 5.64. The van der Waals surface area contributed by atoms with E-state index in [1.54, 1.807) is 10.9 Å². The molecule has 2 aromatic carbocycles. The van der Waals surface area contributed by atoms with Gasteiger partial charge in [0.25, 0.3) is 0 Å². The molecular formula is C19H13ClF2N4. The zero-order chi connectivity index (χ0) is 17.8. The lowest BCUT2D eigenvalue weighted by Crippen LogP contribution is -2.01. The molecule has 0 saturated heterocycles. The smallest absolute Gasteiger partial charge is 0.154 e. The molecule has 3 heterocycles. The van der Waals surface area contributed by atoms with Gasteiger partial charge < -0.3 is 0 Å². The highest BCUT2D eigenvalue weighted by Gasteiger charge is 2.28. The molecule has 0 N–H and O–H groups in total. The molecule has 0 atom stereocenters. The van der Waals surface area contributed by atoms with Crippen LogP contribution in [0.4, 0.5) is 8.78 Å². The van der Waals surface area contributed by atoms with Crippen molar-refractivity contribution in [2.45, 2.75) is 19.4 Å². The molecule has 7 heteroatoms. The third kappa shape index (κ3) is 2.12. The topological polar surface area (TPSA) is 35.6 Å². The van der Waals surface area contributed by atoms with Crippen molar-refractivity contribution in [2.75, 3.05) is 0 Å². The number of hydrogen-bond donors (Lipinski definition) is 0. The molecule has 0 amide bonds. The summed E-state index contributed by atoms with van der Waals surface area (Å²) in [5.74, 6) is -1.59. The summed E-state index contributed by atoms with van der Waals surface area (Å²) in [6.45, 7) is 0.762. The Labute approximate surface area is 152 Å². The number of para-hydroxylation sites is 1. The van der Waals surface area contributed by atoms with Crippen molar-refractivity contribution in [3.05, 3.63) is 64.9 Å². The van der Waals surface area contributed by atoms with Crippen molar-refractivity contribution < 1.29 is 8.78 Å². The number of rotatable bonds is 2. The lowest BCUT2D eigenvalue weighted by Gasteiger charge is -2.09. The van der Waals surface area contributed by atoms with Crippen molar-refractivity contribution in [1.29, 1.82) is 0 Å². The van der Waals surface area contributed by atoms with Crippen LogP contribution in [0.25, 0.3) is 27.8 Å². The largest absolute Gasteiger partial charge is 0.267 e. The predicted octanol–water partition coefficient (Wildman–Crippen LogP) is 4.77. The Kier molecular flexibility index (Phi) is 3.37. The van der Waals surface area contributed by atoms with Crippen LogP contribution in [0.1, 0.15) is 12.1 Å². The van der Waals surface area contributed by atoms with Gasteiger partial charge in [0, 0.05) is 17.5 Å². The molecule has 4 aromatic rings. The van der Waals surface area contributed by atoms with E-state index < -0.39 is 16.7 Å². The summed E-state index contributed by atoms with van der Waals surface area (Å²) >= 11 is 5.79. The molecule has 0 saturated carbocycles. The fraction of sp³-hybridized carbons (Fsp3) is 0.158. The average molecular weight is 371 g/mol. The molecule has 0 bridgehead atoms. The molecule has 4 nitrogen and oxygen atoms in total. The van der Waals surface area contributed by atoms with Crippen molar-refractivity contribution in [3.8, 4) is 16.9 Å². The summed E-state index contributed by atoms with van der Waals surface area (Å²) in [7, 11) is 0. The van der Waals surface area contributed by atoms with E-state index in [2.05, 4.69) is 10.2 Å². The van der Waals surface area contributed by atoms with E-state index in [-0.39, 0.29) is 5.56 Å². The number of benzene rings is 2. The third-order valence-corrected chi connectivity index (χ3v) is 5.14. The number of nitrogens with zero attached hydrogens (tertiary/aromatic N) is 4. The minimum absolute atomic E-state index is 0.174. The Bertz CT molecular complexity index is 1160. The highest BCUT2D eigenvalue weighted by Crippen LogP contribution is 2.37. The highest BCUT2D eigenvalue weighted by molar-refractivity contribution is 6.31. The summed E-state index contributed by atoms with van der Waals surface area (Å²) < 4.78 is 32.0. The molecule has 130 valence electrons. The number of aromatic nitrogens is 4. The Hall–Kier alpha value is -2.73. The lowest BCUT2D eigenvalue weighted by molar-refractivity contribution is 0.585. The number of halogens is 3. The van der Waals surface area contributed by atoms with Crippen LogP contribution >= 0.6 is 11.6 Å². The van der Waals surface area contributed by atoms with Crippen LogP contribution in [-0.4, -0.2) is 19.6 Å². The monoisotopic (exact) mass is 370 g/mol. The van der Waals surface area contributed by atoms with Crippen LogP contribution in [-0.2, 0) is 13.0 Å². The second-order valence-corrected chi connectivity index (χ2v) is 6.69. The second-order valence-electron chi connectivity index (χ2n) is 6.31. The molecule has 0 fully saturated rings. The summed E-state index contributed by atoms with van der Waals surface area (Å²) in [6.07, 6.45) is 3.57. The SMILES string of the molecule is Fc1ccc(-c2nn3c(c2-n2ncc4ccccc42)CCC3)c(F)c1Cl. The van der Waals surface area contributed by atoms with Gasteiger partial charge >= 0.3 is 0 Å². The van der Waals surface area contributed by atoms with Crippen LogP contribution in [0.15, 0.2) is 42.6 Å². The van der Waals surface area contributed by atoms with Crippen LogP contribution in [0, 0.1) is 11.6 Å². The van der Waals surface area contributed by atoms with E-state index in [4.69, 9.17) is 11.6 Å². The summed E-state index contributed by atoms with van der Waals surface area (Å²) in [5, 5.41) is 9.55. The Morgan fingerprint density at radius 3 is 2.81 bits per heavy atom. The first-order chi connectivity index (χ1) is 12.6. The Morgan fingerprint density at radius 1 is 1.08 bits per heavy atom. The van der Waals surface area contributed by atoms with Gasteiger partial charge in [0.2, 0.25) is 0 Å². The van der Waals surface area contributed by atoms with Gasteiger partial charge in [0.1, 0.15) is 22.2 Å². The van der Waals surface area contributed by atoms with Crippen molar-refractivity contribution >= 4 is 22.5 Å². The van der Waals surface area contributed by atoms with Gasteiger partial charge in [0.15, 0.2) is 5.82 Å². The molecule has 0 radical (unpaired) electrons. The van der Waals surface area contributed by atoms with E-state index in [0.717, 1.165) is 47.7 Å². The molecular weight excluding hydrogens is 358 g/mol. The minimum atomic E-state index is -0.804. The quantitative estimate of drug-likeness (QED) is 0.477. The van der Waals surface area contributed by atoms with Crippen molar-refractivity contribution in [3.63, 3.8) is 0 Å². The molecule has 0 unspecified atom stereocenters. The summed E-state index contributed by atoms with van der Waals surface area (Å²) in [4.78, 5) is 0. The van der Waals surface area contributed by atoms with Crippen LogP contribution in [0.5, 0.6) is 0 Å². The van der Waals surface area contributed by atoms with E-state index in [1.165, 1.54) is 6.07 Å². The van der Waals surface area contributed by atoms with E-state index in [0.29, 0.717) is 5.69 Å². The van der Waals surface area contributed by atoms with E-state index in [9.17, 15) is 8.78 Å². The first kappa shape index (κ1) is 15.5. The molecule has 2 aromatic heterocycles. The fourth-order valence-electron chi connectivity index (χ4n) is 3.58. The zero-order valence-corrected chi connectivity index (χ0v) is 14.3. The van der Waals surface area contributed by atoms with Crippen LogP contribution in [0.2, 0.25) is 5.02 Å².